The fourth-order valence-corrected chi connectivity index (χ4v) is 2.51. The maximum Gasteiger partial charge on any atom is 0.132 e. The number of anilines is 1. The highest BCUT2D eigenvalue weighted by Crippen LogP contribution is 2.27. The van der Waals surface area contributed by atoms with Crippen LogP contribution in [0.5, 0.6) is 0 Å². The largest absolute Gasteiger partial charge is 0.373 e. The highest BCUT2D eigenvalue weighted by molar-refractivity contribution is 7.98. The lowest BCUT2D eigenvalue weighted by Crippen LogP contribution is -2.11. The summed E-state index contributed by atoms with van der Waals surface area (Å²) in [7, 11) is 1.92. The highest BCUT2D eigenvalue weighted by atomic mass is 32.2. The molecular weight excluding hydrogens is 182 g/mol. The molecule has 0 fully saturated rings. The monoisotopic (exact) mass is 195 g/mol. The maximum absolute atomic E-state index is 4.45. The first-order valence-electron chi connectivity index (χ1n) is 4.43. The van der Waals surface area contributed by atoms with Gasteiger partial charge in [0.05, 0.1) is 5.69 Å². The molecule has 70 valence electrons. The lowest BCUT2D eigenvalue weighted by molar-refractivity contribution is 0.932. The Kier molecular flexibility index (Phi) is 2.40. The molecule has 0 radical (unpaired) electrons. The molecule has 0 atom stereocenters. The minimum atomic E-state index is 0.866. The predicted octanol–water partition coefficient (Wildman–Crippen LogP) is 1.62. The Bertz CT molecular complexity index is 308. The van der Waals surface area contributed by atoms with Crippen molar-refractivity contribution in [3.8, 4) is 0 Å². The maximum atomic E-state index is 4.45. The van der Waals surface area contributed by atoms with Gasteiger partial charge < -0.3 is 5.32 Å². The Balaban J connectivity index is 2.50. The Morgan fingerprint density at radius 1 is 1.38 bits per heavy atom. The Hall–Kier alpha value is -0.770. The van der Waals surface area contributed by atoms with Crippen LogP contribution in [-0.4, -0.2) is 22.8 Å². The molecule has 13 heavy (non-hydrogen) atoms. The summed E-state index contributed by atoms with van der Waals surface area (Å²) in [4.78, 5) is 8.82. The van der Waals surface area contributed by atoms with Gasteiger partial charge in [-0.2, -0.15) is 11.8 Å². The van der Waals surface area contributed by atoms with Crippen molar-refractivity contribution in [2.45, 2.75) is 19.1 Å². The first kappa shape index (κ1) is 8.81. The van der Waals surface area contributed by atoms with Crippen LogP contribution in [0.2, 0.25) is 0 Å². The predicted molar refractivity (Wildman–Crippen MR) is 56.2 cm³/mol. The molecule has 0 saturated heterocycles. The Morgan fingerprint density at radius 3 is 3.00 bits per heavy atom. The number of rotatable bonds is 1. The van der Waals surface area contributed by atoms with E-state index in [2.05, 4.69) is 15.3 Å². The molecule has 3 nitrogen and oxygen atoms in total. The molecule has 0 aliphatic carbocycles. The molecule has 4 heteroatoms. The van der Waals surface area contributed by atoms with E-state index in [1.165, 1.54) is 17.0 Å². The van der Waals surface area contributed by atoms with Gasteiger partial charge in [-0.1, -0.05) is 0 Å². The highest BCUT2D eigenvalue weighted by Gasteiger charge is 2.15. The number of nitrogens with zero attached hydrogens (tertiary/aromatic N) is 2. The van der Waals surface area contributed by atoms with Gasteiger partial charge in [0.2, 0.25) is 0 Å². The fraction of sp³-hybridized carbons (Fsp3) is 0.556. The number of fused-ring (bicyclic) bond motifs is 1. The van der Waals surface area contributed by atoms with E-state index in [4.69, 9.17) is 0 Å². The average Bonchev–Trinajstić information content (AvgIpc) is 2.16. The van der Waals surface area contributed by atoms with Crippen LogP contribution < -0.4 is 5.32 Å². The summed E-state index contributed by atoms with van der Waals surface area (Å²) < 4.78 is 0. The van der Waals surface area contributed by atoms with Crippen LogP contribution in [0.3, 0.4) is 0 Å². The molecule has 0 amide bonds. The minimum absolute atomic E-state index is 0.866. The zero-order chi connectivity index (χ0) is 9.26. The van der Waals surface area contributed by atoms with E-state index >= 15 is 0 Å². The second-order valence-electron chi connectivity index (χ2n) is 3.10. The molecule has 1 aromatic heterocycles. The Labute approximate surface area is 82.4 Å². The van der Waals surface area contributed by atoms with E-state index in [-0.39, 0.29) is 0 Å². The second-order valence-corrected chi connectivity index (χ2v) is 4.20. The van der Waals surface area contributed by atoms with Gasteiger partial charge in [-0.3, -0.25) is 0 Å². The van der Waals surface area contributed by atoms with Crippen molar-refractivity contribution >= 4 is 17.6 Å². The van der Waals surface area contributed by atoms with E-state index in [9.17, 15) is 0 Å². The fourth-order valence-electron chi connectivity index (χ4n) is 1.59. The van der Waals surface area contributed by atoms with Crippen molar-refractivity contribution in [1.29, 1.82) is 0 Å². The average molecular weight is 195 g/mol. The van der Waals surface area contributed by atoms with Gasteiger partial charge in [-0.15, -0.1) is 0 Å². The van der Waals surface area contributed by atoms with E-state index in [1.807, 2.05) is 25.7 Å². The van der Waals surface area contributed by atoms with Gasteiger partial charge in [0.25, 0.3) is 0 Å². The molecule has 1 aliphatic rings. The summed E-state index contributed by atoms with van der Waals surface area (Å²) >= 11 is 1.95. The van der Waals surface area contributed by atoms with Crippen LogP contribution in [0.15, 0.2) is 0 Å². The molecule has 0 saturated carbocycles. The number of hydrogen-bond acceptors (Lipinski definition) is 4. The van der Waals surface area contributed by atoms with Gasteiger partial charge in [0, 0.05) is 18.4 Å². The standard InChI is InChI=1S/C9H13N3S/c1-6-11-8-5-13-4-3-7(8)9(10-2)12-6/h3-5H2,1-2H3,(H,10,11,12). The van der Waals surface area contributed by atoms with Gasteiger partial charge in [0.1, 0.15) is 11.6 Å². The number of thioether (sulfide) groups is 1. The SMILES string of the molecule is CNc1nc(C)nc2c1CCSC2. The van der Waals surface area contributed by atoms with Crippen LogP contribution in [-0.2, 0) is 12.2 Å². The summed E-state index contributed by atoms with van der Waals surface area (Å²) in [6.07, 6.45) is 1.09. The summed E-state index contributed by atoms with van der Waals surface area (Å²) in [5.41, 5.74) is 2.53. The van der Waals surface area contributed by atoms with Crippen molar-refractivity contribution in [3.63, 3.8) is 0 Å². The van der Waals surface area contributed by atoms with Crippen molar-refractivity contribution in [1.82, 2.24) is 9.97 Å². The van der Waals surface area contributed by atoms with E-state index in [1.54, 1.807) is 0 Å². The number of nitrogens with one attached hydrogen (secondary N) is 1. The number of aromatic nitrogens is 2. The Morgan fingerprint density at radius 2 is 2.23 bits per heavy atom. The molecule has 0 aromatic carbocycles. The number of aryl methyl sites for hydroxylation is 1. The number of hydrogen-bond donors (Lipinski definition) is 1. The van der Waals surface area contributed by atoms with E-state index in [0.717, 1.165) is 23.8 Å². The first-order chi connectivity index (χ1) is 6.31. The summed E-state index contributed by atoms with van der Waals surface area (Å²) in [6, 6.07) is 0. The summed E-state index contributed by atoms with van der Waals surface area (Å²) in [5, 5.41) is 3.14. The van der Waals surface area contributed by atoms with Crippen LogP contribution >= 0.6 is 11.8 Å². The third kappa shape index (κ3) is 1.63. The molecule has 1 aliphatic heterocycles. The molecule has 2 heterocycles. The molecule has 0 spiro atoms. The lowest BCUT2D eigenvalue weighted by Gasteiger charge is -2.17. The summed E-state index contributed by atoms with van der Waals surface area (Å²) in [5.74, 6) is 4.11. The third-order valence-corrected chi connectivity index (χ3v) is 3.15. The van der Waals surface area contributed by atoms with Crippen LogP contribution in [0, 0.1) is 6.92 Å². The van der Waals surface area contributed by atoms with Gasteiger partial charge in [-0.05, 0) is 19.1 Å². The summed E-state index contributed by atoms with van der Waals surface area (Å²) in [6.45, 7) is 1.94. The molecule has 1 N–H and O–H groups in total. The van der Waals surface area contributed by atoms with Crippen molar-refractivity contribution in [2.75, 3.05) is 18.1 Å². The van der Waals surface area contributed by atoms with Crippen LogP contribution in [0.4, 0.5) is 5.82 Å². The first-order valence-corrected chi connectivity index (χ1v) is 5.58. The topological polar surface area (TPSA) is 37.8 Å². The van der Waals surface area contributed by atoms with Gasteiger partial charge in [-0.25, -0.2) is 9.97 Å². The van der Waals surface area contributed by atoms with Crippen molar-refractivity contribution in [2.24, 2.45) is 0 Å². The smallest absolute Gasteiger partial charge is 0.132 e. The second kappa shape index (κ2) is 3.54. The van der Waals surface area contributed by atoms with Crippen molar-refractivity contribution in [3.05, 3.63) is 17.1 Å². The van der Waals surface area contributed by atoms with Crippen LogP contribution in [0.25, 0.3) is 0 Å². The zero-order valence-corrected chi connectivity index (χ0v) is 8.74. The lowest BCUT2D eigenvalue weighted by atomic mass is 10.1. The molecule has 0 unspecified atom stereocenters. The molecule has 2 rings (SSSR count). The molecular formula is C9H13N3S. The van der Waals surface area contributed by atoms with Crippen LogP contribution in [0.1, 0.15) is 17.1 Å². The quantitative estimate of drug-likeness (QED) is 0.739. The van der Waals surface area contributed by atoms with Gasteiger partial charge in [0.15, 0.2) is 0 Å². The van der Waals surface area contributed by atoms with Gasteiger partial charge >= 0.3 is 0 Å². The normalized spacial score (nSPS) is 15.2. The third-order valence-electron chi connectivity index (χ3n) is 2.18. The zero-order valence-electron chi connectivity index (χ0n) is 7.92. The minimum Gasteiger partial charge on any atom is -0.373 e. The van der Waals surface area contributed by atoms with Crippen molar-refractivity contribution < 1.29 is 0 Å². The van der Waals surface area contributed by atoms with E-state index < -0.39 is 0 Å². The van der Waals surface area contributed by atoms with E-state index in [0.29, 0.717) is 0 Å². The molecule has 1 aromatic rings. The molecule has 0 bridgehead atoms.